The number of hydrogen-bond donors (Lipinski definition) is 1. The van der Waals surface area contributed by atoms with Crippen molar-refractivity contribution < 1.29 is 27.0 Å². The summed E-state index contributed by atoms with van der Waals surface area (Å²) >= 11 is 5.89. The van der Waals surface area contributed by atoms with E-state index in [1.54, 1.807) is 42.7 Å². The fraction of sp³-hybridized carbons (Fsp3) is 0.269. The number of nitrogens with zero attached hydrogens (tertiary/aromatic N) is 2. The molecule has 3 aromatic rings. The largest absolute Gasteiger partial charge is 0.465 e. The minimum Gasteiger partial charge on any atom is -0.465 e. The van der Waals surface area contributed by atoms with E-state index in [-0.39, 0.29) is 30.2 Å². The SMILES string of the molecule is COC(=O)c1ccc(CN(Cc2cccnc2)C(=O)[C@H](CCS(C)=O)NS(=O)(=O)c2ccc(Cl)cc2)cc1. The number of nitrogens with one attached hydrogen (secondary N) is 1. The lowest BCUT2D eigenvalue weighted by atomic mass is 10.1. The van der Waals surface area contributed by atoms with Crippen LogP contribution in [0.2, 0.25) is 5.02 Å². The quantitative estimate of drug-likeness (QED) is 0.328. The number of amides is 1. The molecule has 1 aromatic heterocycles. The molecule has 0 fully saturated rings. The second-order valence-corrected chi connectivity index (χ2v) is 12.1. The van der Waals surface area contributed by atoms with Crippen LogP contribution in [0.1, 0.15) is 27.9 Å². The van der Waals surface area contributed by atoms with Crippen molar-refractivity contribution in [1.82, 2.24) is 14.6 Å². The Balaban J connectivity index is 1.92. The third-order valence-corrected chi connectivity index (χ3v) is 8.12. The maximum atomic E-state index is 13.8. The number of sulfonamides is 1. The van der Waals surface area contributed by atoms with Crippen molar-refractivity contribution in [1.29, 1.82) is 0 Å². The molecule has 1 amide bonds. The number of halogens is 1. The van der Waals surface area contributed by atoms with Gasteiger partial charge in [-0.3, -0.25) is 14.0 Å². The third kappa shape index (κ3) is 8.45. The highest BCUT2D eigenvalue weighted by Gasteiger charge is 2.30. The highest BCUT2D eigenvalue weighted by molar-refractivity contribution is 7.89. The highest BCUT2D eigenvalue weighted by atomic mass is 35.5. The van der Waals surface area contributed by atoms with E-state index in [2.05, 4.69) is 9.71 Å². The lowest BCUT2D eigenvalue weighted by Gasteiger charge is -2.28. The van der Waals surface area contributed by atoms with Gasteiger partial charge in [0.2, 0.25) is 15.9 Å². The second-order valence-electron chi connectivity index (χ2n) is 8.44. The van der Waals surface area contributed by atoms with Crippen LogP contribution < -0.4 is 4.72 Å². The first-order valence-electron chi connectivity index (χ1n) is 11.5. The summed E-state index contributed by atoms with van der Waals surface area (Å²) in [5, 5.41) is 0.374. The molecule has 1 N–H and O–H groups in total. The molecular formula is C26H28ClN3O6S2. The first kappa shape index (κ1) is 29.4. The van der Waals surface area contributed by atoms with Gasteiger partial charge in [0.25, 0.3) is 0 Å². The monoisotopic (exact) mass is 577 g/mol. The summed E-state index contributed by atoms with van der Waals surface area (Å²) in [4.78, 5) is 31.2. The summed E-state index contributed by atoms with van der Waals surface area (Å²) in [6.07, 6.45) is 4.75. The third-order valence-electron chi connectivity index (χ3n) is 5.57. The maximum Gasteiger partial charge on any atom is 0.337 e. The molecule has 202 valence electrons. The Morgan fingerprint density at radius 2 is 1.71 bits per heavy atom. The molecule has 12 heteroatoms. The average molecular weight is 578 g/mol. The van der Waals surface area contributed by atoms with Gasteiger partial charge in [0, 0.05) is 53.3 Å². The predicted molar refractivity (Wildman–Crippen MR) is 145 cm³/mol. The van der Waals surface area contributed by atoms with E-state index in [0.717, 1.165) is 5.56 Å². The number of rotatable bonds is 12. The van der Waals surface area contributed by atoms with Crippen LogP contribution >= 0.6 is 11.6 Å². The number of benzene rings is 2. The van der Waals surface area contributed by atoms with Gasteiger partial charge in [-0.1, -0.05) is 29.8 Å². The second kappa shape index (κ2) is 13.6. The minimum atomic E-state index is -4.09. The van der Waals surface area contributed by atoms with Crippen molar-refractivity contribution in [2.45, 2.75) is 30.4 Å². The summed E-state index contributed by atoms with van der Waals surface area (Å²) in [6, 6.07) is 14.5. The summed E-state index contributed by atoms with van der Waals surface area (Å²) in [6.45, 7) is 0.281. The number of carbonyl (C=O) groups excluding carboxylic acids is 2. The molecule has 9 nitrogen and oxygen atoms in total. The Hall–Kier alpha value is -3.12. The Labute approximate surface area is 229 Å². The molecule has 2 aromatic carbocycles. The van der Waals surface area contributed by atoms with Crippen LogP contribution in [0, 0.1) is 0 Å². The molecule has 0 aliphatic heterocycles. The van der Waals surface area contributed by atoms with Crippen LogP contribution in [0.15, 0.2) is 78.0 Å². The van der Waals surface area contributed by atoms with E-state index >= 15 is 0 Å². The van der Waals surface area contributed by atoms with Crippen LogP contribution in [-0.4, -0.2) is 59.5 Å². The van der Waals surface area contributed by atoms with Gasteiger partial charge in [0.15, 0.2) is 0 Å². The zero-order valence-electron chi connectivity index (χ0n) is 20.9. The summed E-state index contributed by atoms with van der Waals surface area (Å²) in [5.41, 5.74) is 1.82. The van der Waals surface area contributed by atoms with Crippen LogP contribution in [0.5, 0.6) is 0 Å². The van der Waals surface area contributed by atoms with E-state index < -0.39 is 38.7 Å². The van der Waals surface area contributed by atoms with Gasteiger partial charge < -0.3 is 9.64 Å². The standard InChI is InChI=1S/C26H28ClN3O6S2/c1-36-26(32)21-7-5-19(6-8-21)17-30(18-20-4-3-14-28-16-20)25(31)24(13-15-37(2)33)29-38(34,35)23-11-9-22(27)10-12-23/h3-12,14,16,24,29H,13,15,17-18H2,1-2H3/t24-,37?/m0/s1. The van der Waals surface area contributed by atoms with E-state index in [1.807, 2.05) is 6.07 Å². The number of hydrogen-bond acceptors (Lipinski definition) is 7. The van der Waals surface area contributed by atoms with Crippen molar-refractivity contribution >= 4 is 44.3 Å². The molecular weight excluding hydrogens is 550 g/mol. The van der Waals surface area contributed by atoms with Crippen molar-refractivity contribution in [3.05, 3.63) is 94.8 Å². The number of pyridine rings is 1. The number of methoxy groups -OCH3 is 1. The molecule has 0 aliphatic rings. The molecule has 1 unspecified atom stereocenters. The molecule has 38 heavy (non-hydrogen) atoms. The van der Waals surface area contributed by atoms with Crippen molar-refractivity contribution in [3.63, 3.8) is 0 Å². The number of aromatic nitrogens is 1. The number of esters is 1. The van der Waals surface area contributed by atoms with Crippen LogP contribution in [0.4, 0.5) is 0 Å². The fourth-order valence-corrected chi connectivity index (χ4v) is 5.53. The van der Waals surface area contributed by atoms with Gasteiger partial charge in [0.1, 0.15) is 6.04 Å². The van der Waals surface area contributed by atoms with Crippen molar-refractivity contribution in [2.75, 3.05) is 19.1 Å². The normalized spacial score (nSPS) is 12.9. The van der Waals surface area contributed by atoms with Gasteiger partial charge in [-0.25, -0.2) is 13.2 Å². The van der Waals surface area contributed by atoms with E-state index in [1.165, 1.54) is 42.5 Å². The molecule has 2 atom stereocenters. The maximum absolute atomic E-state index is 13.8. The summed E-state index contributed by atoms with van der Waals surface area (Å²) in [5.74, 6) is -0.855. The predicted octanol–water partition coefficient (Wildman–Crippen LogP) is 3.17. The summed E-state index contributed by atoms with van der Waals surface area (Å²) in [7, 11) is -4.05. The Morgan fingerprint density at radius 3 is 2.29 bits per heavy atom. The van der Waals surface area contributed by atoms with Gasteiger partial charge in [-0.05, 0) is 60.0 Å². The molecule has 0 saturated heterocycles. The van der Waals surface area contributed by atoms with E-state index in [4.69, 9.17) is 16.3 Å². The Kier molecular flexibility index (Phi) is 10.5. The molecule has 0 saturated carbocycles. The number of carbonyl (C=O) groups is 2. The summed E-state index contributed by atoms with van der Waals surface area (Å²) < 4.78 is 45.3. The molecule has 1 heterocycles. The molecule has 0 radical (unpaired) electrons. The number of ether oxygens (including phenoxy) is 1. The Morgan fingerprint density at radius 1 is 1.05 bits per heavy atom. The first-order valence-corrected chi connectivity index (χ1v) is 15.1. The lowest BCUT2D eigenvalue weighted by molar-refractivity contribution is -0.134. The van der Waals surface area contributed by atoms with Gasteiger partial charge in [-0.2, -0.15) is 4.72 Å². The first-order chi connectivity index (χ1) is 18.1. The zero-order chi connectivity index (χ0) is 27.7. The minimum absolute atomic E-state index is 0.0274. The highest BCUT2D eigenvalue weighted by Crippen LogP contribution is 2.18. The smallest absolute Gasteiger partial charge is 0.337 e. The van der Waals surface area contributed by atoms with Crippen molar-refractivity contribution in [2.24, 2.45) is 0 Å². The Bertz CT molecular complexity index is 1370. The fourth-order valence-electron chi connectivity index (χ4n) is 3.61. The molecule has 0 bridgehead atoms. The van der Waals surface area contributed by atoms with Crippen LogP contribution in [-0.2, 0) is 43.4 Å². The van der Waals surface area contributed by atoms with Gasteiger partial charge in [-0.15, -0.1) is 0 Å². The average Bonchev–Trinajstić information content (AvgIpc) is 2.91. The molecule has 0 aliphatic carbocycles. The molecule has 0 spiro atoms. The van der Waals surface area contributed by atoms with Crippen LogP contribution in [0.3, 0.4) is 0 Å². The lowest BCUT2D eigenvalue weighted by Crippen LogP contribution is -2.48. The molecule has 3 rings (SSSR count). The zero-order valence-corrected chi connectivity index (χ0v) is 23.3. The van der Waals surface area contributed by atoms with Crippen LogP contribution in [0.25, 0.3) is 0 Å². The van der Waals surface area contributed by atoms with Gasteiger partial charge in [0.05, 0.1) is 17.6 Å². The van der Waals surface area contributed by atoms with E-state index in [0.29, 0.717) is 16.1 Å². The van der Waals surface area contributed by atoms with Crippen molar-refractivity contribution in [3.8, 4) is 0 Å². The van der Waals surface area contributed by atoms with Gasteiger partial charge >= 0.3 is 5.97 Å². The topological polar surface area (TPSA) is 123 Å². The van der Waals surface area contributed by atoms with E-state index in [9.17, 15) is 22.2 Å².